The number of aliphatic hydroxyl groups excluding tert-OH is 2. The van der Waals surface area contributed by atoms with Gasteiger partial charge in [-0.3, -0.25) is 9.55 Å². The minimum Gasteiger partial charge on any atom is -0.484 e. The van der Waals surface area contributed by atoms with E-state index in [0.29, 0.717) is 12.4 Å². The smallest absolute Gasteiger partial charge is 0.328 e. The molecule has 1 aromatic carbocycles. The second kappa shape index (κ2) is 7.27. The number of aromatic amines is 1. The monoisotopic (exact) mass is 350 g/mol. The number of benzene rings is 1. The second-order valence-electron chi connectivity index (χ2n) is 5.55. The van der Waals surface area contributed by atoms with Crippen LogP contribution in [0.25, 0.3) is 0 Å². The summed E-state index contributed by atoms with van der Waals surface area (Å²) < 4.78 is 12.7. The van der Waals surface area contributed by atoms with Gasteiger partial charge in [0.15, 0.2) is 10.4 Å². The molecule has 3 N–H and O–H groups in total. The number of hydrogen-bond acceptors (Lipinski definition) is 6. The van der Waals surface area contributed by atoms with Crippen LogP contribution in [0.1, 0.15) is 18.2 Å². The average molecular weight is 350 g/mol. The highest BCUT2D eigenvalue weighted by atomic mass is 32.1. The Hall–Kier alpha value is -2.00. The molecule has 1 aromatic heterocycles. The first-order valence-corrected chi connectivity index (χ1v) is 7.96. The first kappa shape index (κ1) is 16.8. The van der Waals surface area contributed by atoms with Crippen molar-refractivity contribution in [2.75, 3.05) is 6.61 Å². The molecule has 1 aliphatic heterocycles. The first-order chi connectivity index (χ1) is 11.6. The third-order valence-corrected chi connectivity index (χ3v) is 4.17. The number of H-pyrrole nitrogens is 1. The summed E-state index contributed by atoms with van der Waals surface area (Å²) in [5.41, 5.74) is 0.514. The SMILES string of the molecule is O=c1[nH]c(=S)c(OCc2ccccc2)cn1[C@H]1C[C@H](O)[C@@H](CO)O1. The third-order valence-electron chi connectivity index (χ3n) is 3.87. The molecule has 3 atom stereocenters. The van der Waals surface area contributed by atoms with Crippen LogP contribution >= 0.6 is 12.2 Å². The molecule has 0 saturated carbocycles. The van der Waals surface area contributed by atoms with Crippen molar-refractivity contribution in [2.24, 2.45) is 0 Å². The van der Waals surface area contributed by atoms with Gasteiger partial charge in [0, 0.05) is 6.42 Å². The van der Waals surface area contributed by atoms with Crippen LogP contribution in [0.3, 0.4) is 0 Å². The predicted molar refractivity (Wildman–Crippen MR) is 88.3 cm³/mol. The Morgan fingerprint density at radius 2 is 2.12 bits per heavy atom. The Bertz CT molecular complexity index is 804. The van der Waals surface area contributed by atoms with Gasteiger partial charge >= 0.3 is 5.69 Å². The maximum atomic E-state index is 12.1. The second-order valence-corrected chi connectivity index (χ2v) is 5.96. The van der Waals surface area contributed by atoms with Crippen LogP contribution in [0.2, 0.25) is 0 Å². The molecule has 1 aliphatic rings. The molecular weight excluding hydrogens is 332 g/mol. The number of hydrogen-bond donors (Lipinski definition) is 3. The molecule has 128 valence electrons. The van der Waals surface area contributed by atoms with E-state index in [0.717, 1.165) is 5.56 Å². The molecule has 0 spiro atoms. The van der Waals surface area contributed by atoms with Crippen LogP contribution in [-0.2, 0) is 11.3 Å². The van der Waals surface area contributed by atoms with E-state index in [2.05, 4.69) is 4.98 Å². The Morgan fingerprint density at radius 1 is 1.38 bits per heavy atom. The molecule has 0 aliphatic carbocycles. The fourth-order valence-corrected chi connectivity index (χ4v) is 2.77. The van der Waals surface area contributed by atoms with Gasteiger partial charge in [0.1, 0.15) is 18.9 Å². The Labute approximate surface area is 143 Å². The number of rotatable bonds is 5. The summed E-state index contributed by atoms with van der Waals surface area (Å²) in [4.78, 5) is 14.7. The fraction of sp³-hybridized carbons (Fsp3) is 0.375. The molecule has 7 nitrogen and oxygen atoms in total. The van der Waals surface area contributed by atoms with Gasteiger partial charge in [0.05, 0.1) is 18.9 Å². The van der Waals surface area contributed by atoms with Crippen molar-refractivity contribution in [3.8, 4) is 5.75 Å². The van der Waals surface area contributed by atoms with Crippen LogP contribution in [0, 0.1) is 4.64 Å². The number of nitrogens with one attached hydrogen (secondary N) is 1. The highest BCUT2D eigenvalue weighted by molar-refractivity contribution is 7.71. The zero-order valence-electron chi connectivity index (χ0n) is 12.8. The molecule has 0 radical (unpaired) electrons. The molecule has 0 amide bonds. The molecule has 2 heterocycles. The highest BCUT2D eigenvalue weighted by Gasteiger charge is 2.35. The van der Waals surface area contributed by atoms with Gasteiger partial charge in [0.2, 0.25) is 0 Å². The van der Waals surface area contributed by atoms with E-state index >= 15 is 0 Å². The lowest BCUT2D eigenvalue weighted by atomic mass is 10.2. The van der Waals surface area contributed by atoms with E-state index < -0.39 is 24.1 Å². The molecule has 1 fully saturated rings. The normalized spacial score (nSPS) is 23.3. The number of nitrogens with zero attached hydrogens (tertiary/aromatic N) is 1. The van der Waals surface area contributed by atoms with Gasteiger partial charge in [-0.15, -0.1) is 0 Å². The van der Waals surface area contributed by atoms with E-state index in [-0.39, 0.29) is 17.7 Å². The molecular formula is C16H18N2O5S. The molecule has 3 rings (SSSR count). The number of ether oxygens (including phenoxy) is 2. The van der Waals surface area contributed by atoms with Crippen molar-refractivity contribution in [2.45, 2.75) is 31.5 Å². The topological polar surface area (TPSA) is 96.7 Å². The number of aromatic nitrogens is 2. The molecule has 1 saturated heterocycles. The van der Waals surface area contributed by atoms with Crippen molar-refractivity contribution >= 4 is 12.2 Å². The first-order valence-electron chi connectivity index (χ1n) is 7.55. The summed E-state index contributed by atoms with van der Waals surface area (Å²) in [6.07, 6.45) is -0.548. The van der Waals surface area contributed by atoms with Crippen molar-refractivity contribution in [1.29, 1.82) is 0 Å². The van der Waals surface area contributed by atoms with Crippen molar-refractivity contribution in [1.82, 2.24) is 9.55 Å². The van der Waals surface area contributed by atoms with E-state index in [4.69, 9.17) is 26.8 Å². The molecule has 24 heavy (non-hydrogen) atoms. The molecule has 8 heteroatoms. The quantitative estimate of drug-likeness (QED) is 0.700. The largest absolute Gasteiger partial charge is 0.484 e. The standard InChI is InChI=1S/C16H18N2O5S/c19-8-13-11(20)6-14(23-13)18-7-12(15(24)17-16(18)21)22-9-10-4-2-1-3-5-10/h1-5,7,11,13-14,19-20H,6,8-9H2,(H,17,21,24)/t11-,13+,14+/m0/s1. The zero-order chi connectivity index (χ0) is 17.1. The summed E-state index contributed by atoms with van der Waals surface area (Å²) in [5, 5.41) is 19.0. The average Bonchev–Trinajstić information content (AvgIpc) is 2.95. The molecule has 0 bridgehead atoms. The minimum absolute atomic E-state index is 0.199. The van der Waals surface area contributed by atoms with Gasteiger partial charge in [-0.25, -0.2) is 4.79 Å². The highest BCUT2D eigenvalue weighted by Crippen LogP contribution is 2.28. The van der Waals surface area contributed by atoms with Crippen LogP contribution < -0.4 is 10.4 Å². The lowest BCUT2D eigenvalue weighted by Gasteiger charge is -2.16. The van der Waals surface area contributed by atoms with E-state index in [1.54, 1.807) is 0 Å². The van der Waals surface area contributed by atoms with E-state index in [1.807, 2.05) is 30.3 Å². The lowest BCUT2D eigenvalue weighted by Crippen LogP contribution is -2.28. The van der Waals surface area contributed by atoms with Crippen molar-refractivity contribution in [3.63, 3.8) is 0 Å². The van der Waals surface area contributed by atoms with Gasteiger partial charge in [-0.2, -0.15) is 0 Å². The van der Waals surface area contributed by atoms with Gasteiger partial charge < -0.3 is 19.7 Å². The van der Waals surface area contributed by atoms with Crippen molar-refractivity contribution < 1.29 is 19.7 Å². The Morgan fingerprint density at radius 3 is 2.79 bits per heavy atom. The Balaban J connectivity index is 1.81. The zero-order valence-corrected chi connectivity index (χ0v) is 13.6. The number of aliphatic hydroxyl groups is 2. The summed E-state index contributed by atoms with van der Waals surface area (Å²) in [5.74, 6) is 0.346. The van der Waals surface area contributed by atoms with Crippen LogP contribution in [0.4, 0.5) is 0 Å². The summed E-state index contributed by atoms with van der Waals surface area (Å²) in [6.45, 7) is -0.00342. The van der Waals surface area contributed by atoms with Gasteiger partial charge in [-0.1, -0.05) is 42.5 Å². The summed E-state index contributed by atoms with van der Waals surface area (Å²) in [7, 11) is 0. The van der Waals surface area contributed by atoms with Crippen LogP contribution in [-0.4, -0.2) is 38.6 Å². The van der Waals surface area contributed by atoms with Crippen LogP contribution in [0.5, 0.6) is 5.75 Å². The third kappa shape index (κ3) is 3.57. The Kier molecular flexibility index (Phi) is 5.10. The molecule has 0 unspecified atom stereocenters. The van der Waals surface area contributed by atoms with Crippen molar-refractivity contribution in [3.05, 3.63) is 57.2 Å². The predicted octanol–water partition coefficient (Wildman–Crippen LogP) is 1.13. The van der Waals surface area contributed by atoms with Gasteiger partial charge in [0.25, 0.3) is 0 Å². The fourth-order valence-electron chi connectivity index (χ4n) is 2.57. The lowest BCUT2D eigenvalue weighted by molar-refractivity contribution is -0.0461. The summed E-state index contributed by atoms with van der Waals surface area (Å²) >= 11 is 5.13. The maximum absolute atomic E-state index is 12.1. The van der Waals surface area contributed by atoms with E-state index in [1.165, 1.54) is 10.8 Å². The minimum atomic E-state index is -0.830. The van der Waals surface area contributed by atoms with Crippen LogP contribution in [0.15, 0.2) is 41.3 Å². The van der Waals surface area contributed by atoms with Gasteiger partial charge in [-0.05, 0) is 5.56 Å². The molecule has 2 aromatic rings. The van der Waals surface area contributed by atoms with E-state index in [9.17, 15) is 9.90 Å². The maximum Gasteiger partial charge on any atom is 0.328 e. The summed E-state index contributed by atoms with van der Waals surface area (Å²) in [6, 6.07) is 9.57.